The molecule has 0 saturated carbocycles. The highest BCUT2D eigenvalue weighted by molar-refractivity contribution is 9.10. The van der Waals surface area contributed by atoms with Gasteiger partial charge in [-0.15, -0.1) is 0 Å². The first kappa shape index (κ1) is 17.9. The van der Waals surface area contributed by atoms with Crippen molar-refractivity contribution < 1.29 is 9.18 Å². The Hall–Kier alpha value is -2.47. The van der Waals surface area contributed by atoms with Crippen molar-refractivity contribution in [3.63, 3.8) is 0 Å². The number of fused-ring (bicyclic) bond motifs is 1. The zero-order valence-corrected chi connectivity index (χ0v) is 16.3. The third-order valence-corrected chi connectivity index (χ3v) is 5.60. The van der Waals surface area contributed by atoms with Crippen molar-refractivity contribution in [2.75, 3.05) is 23.3 Å². The number of amides is 1. The average Bonchev–Trinajstić information content (AvgIpc) is 2.70. The first-order valence-corrected chi connectivity index (χ1v) is 9.81. The van der Waals surface area contributed by atoms with Crippen molar-refractivity contribution in [3.8, 4) is 0 Å². The van der Waals surface area contributed by atoms with Crippen molar-refractivity contribution in [2.24, 2.45) is 0 Å². The van der Waals surface area contributed by atoms with Crippen LogP contribution in [0.15, 0.2) is 53.3 Å². The lowest BCUT2D eigenvalue weighted by atomic mass is 10.0. The maximum Gasteiger partial charge on any atom is 0.256 e. The number of nitrogens with zero attached hydrogens (tertiary/aromatic N) is 2. The van der Waals surface area contributed by atoms with Gasteiger partial charge < -0.3 is 10.2 Å². The fourth-order valence-corrected chi connectivity index (χ4v) is 3.98. The van der Waals surface area contributed by atoms with Gasteiger partial charge in [0.1, 0.15) is 5.82 Å². The van der Waals surface area contributed by atoms with E-state index in [0.29, 0.717) is 10.2 Å². The van der Waals surface area contributed by atoms with E-state index in [-0.39, 0.29) is 11.5 Å². The topological polar surface area (TPSA) is 45.2 Å². The largest absolute Gasteiger partial charge is 0.371 e. The van der Waals surface area contributed by atoms with Crippen molar-refractivity contribution in [1.82, 2.24) is 4.98 Å². The Kier molecular flexibility index (Phi) is 5.07. The molecule has 1 aromatic heterocycles. The summed E-state index contributed by atoms with van der Waals surface area (Å²) in [5, 5.41) is 4.84. The SMILES string of the molecule is O=C(Nc1ccc(N2CCCCC2)c2ccncc12)c1cc(F)ccc1Br. The van der Waals surface area contributed by atoms with Crippen molar-refractivity contribution >= 4 is 44.0 Å². The highest BCUT2D eigenvalue weighted by Crippen LogP contribution is 2.33. The van der Waals surface area contributed by atoms with Gasteiger partial charge in [0.05, 0.1) is 11.3 Å². The Labute approximate surface area is 165 Å². The van der Waals surface area contributed by atoms with E-state index in [9.17, 15) is 9.18 Å². The minimum atomic E-state index is -0.449. The molecule has 0 spiro atoms. The van der Waals surface area contributed by atoms with Crippen molar-refractivity contribution in [2.45, 2.75) is 19.3 Å². The molecule has 1 aliphatic heterocycles. The van der Waals surface area contributed by atoms with Gasteiger partial charge in [0.25, 0.3) is 5.91 Å². The van der Waals surface area contributed by atoms with Crippen molar-refractivity contribution in [3.05, 3.63) is 64.6 Å². The maximum atomic E-state index is 13.5. The number of anilines is 2. The van der Waals surface area contributed by atoms with E-state index in [2.05, 4.69) is 31.1 Å². The van der Waals surface area contributed by atoms with Gasteiger partial charge in [0.15, 0.2) is 0 Å². The van der Waals surface area contributed by atoms with Crippen LogP contribution in [0.4, 0.5) is 15.8 Å². The van der Waals surface area contributed by atoms with Gasteiger partial charge in [-0.3, -0.25) is 9.78 Å². The Morgan fingerprint density at radius 3 is 2.70 bits per heavy atom. The Morgan fingerprint density at radius 1 is 1.07 bits per heavy atom. The molecule has 1 fully saturated rings. The number of benzene rings is 2. The molecule has 2 heterocycles. The fraction of sp³-hybridized carbons (Fsp3) is 0.238. The van der Waals surface area contributed by atoms with Crippen LogP contribution in [0.5, 0.6) is 0 Å². The van der Waals surface area contributed by atoms with E-state index in [1.165, 1.54) is 37.5 Å². The molecule has 4 rings (SSSR count). The smallest absolute Gasteiger partial charge is 0.256 e. The van der Waals surface area contributed by atoms with Crippen molar-refractivity contribution in [1.29, 1.82) is 0 Å². The lowest BCUT2D eigenvalue weighted by molar-refractivity contribution is 0.102. The van der Waals surface area contributed by atoms with E-state index >= 15 is 0 Å². The predicted octanol–water partition coefficient (Wildman–Crippen LogP) is 5.38. The number of pyridine rings is 1. The summed E-state index contributed by atoms with van der Waals surface area (Å²) in [4.78, 5) is 19.3. The molecule has 27 heavy (non-hydrogen) atoms. The molecule has 0 atom stereocenters. The van der Waals surface area contributed by atoms with E-state index in [0.717, 1.165) is 29.5 Å². The molecule has 1 aliphatic rings. The van der Waals surface area contributed by atoms with Crippen LogP contribution in [0.1, 0.15) is 29.6 Å². The molecule has 1 N–H and O–H groups in total. The number of nitrogens with one attached hydrogen (secondary N) is 1. The van der Waals surface area contributed by atoms with Crippen LogP contribution in [0.25, 0.3) is 10.8 Å². The molecule has 1 amide bonds. The first-order valence-electron chi connectivity index (χ1n) is 9.01. The minimum absolute atomic E-state index is 0.257. The molecule has 4 nitrogen and oxygen atoms in total. The lowest BCUT2D eigenvalue weighted by Gasteiger charge is -2.30. The summed E-state index contributed by atoms with van der Waals surface area (Å²) in [6.07, 6.45) is 7.19. The second kappa shape index (κ2) is 7.64. The van der Waals surface area contributed by atoms with Gasteiger partial charge >= 0.3 is 0 Å². The summed E-state index contributed by atoms with van der Waals surface area (Å²) in [6, 6.07) is 9.99. The van der Waals surface area contributed by atoms with Crippen LogP contribution in [0.3, 0.4) is 0 Å². The number of carbonyl (C=O) groups excluding carboxylic acids is 1. The van der Waals surface area contributed by atoms with Crippen LogP contribution in [0.2, 0.25) is 0 Å². The summed E-state index contributed by atoms with van der Waals surface area (Å²) in [5.41, 5.74) is 2.09. The van der Waals surface area contributed by atoms with Crippen LogP contribution in [-0.4, -0.2) is 24.0 Å². The zero-order valence-electron chi connectivity index (χ0n) is 14.7. The molecule has 3 aromatic rings. The molecule has 0 aliphatic carbocycles. The normalized spacial score (nSPS) is 14.4. The van der Waals surface area contributed by atoms with Crippen LogP contribution >= 0.6 is 15.9 Å². The molecule has 2 aromatic carbocycles. The summed E-state index contributed by atoms with van der Waals surface area (Å²) >= 11 is 3.31. The number of carbonyl (C=O) groups is 1. The van der Waals surface area contributed by atoms with Crippen LogP contribution in [0, 0.1) is 5.82 Å². The molecule has 1 saturated heterocycles. The molecular formula is C21H19BrFN3O. The molecular weight excluding hydrogens is 409 g/mol. The van der Waals surface area contributed by atoms with Gasteiger partial charge in [-0.2, -0.15) is 0 Å². The first-order chi connectivity index (χ1) is 13.1. The van der Waals surface area contributed by atoms with Gasteiger partial charge in [-0.1, -0.05) is 0 Å². The van der Waals surface area contributed by atoms with E-state index in [1.807, 2.05) is 18.2 Å². The number of piperidine rings is 1. The molecule has 0 unspecified atom stereocenters. The lowest BCUT2D eigenvalue weighted by Crippen LogP contribution is -2.29. The van der Waals surface area contributed by atoms with Gasteiger partial charge in [0, 0.05) is 46.4 Å². The van der Waals surface area contributed by atoms with Gasteiger partial charge in [-0.05, 0) is 71.6 Å². The second-order valence-corrected chi connectivity index (χ2v) is 7.53. The van der Waals surface area contributed by atoms with Gasteiger partial charge in [0.2, 0.25) is 0 Å². The quantitative estimate of drug-likeness (QED) is 0.610. The number of rotatable bonds is 3. The van der Waals surface area contributed by atoms with Crippen LogP contribution in [-0.2, 0) is 0 Å². The minimum Gasteiger partial charge on any atom is -0.371 e. The number of hydrogen-bond donors (Lipinski definition) is 1. The maximum absolute atomic E-state index is 13.5. The Bertz CT molecular complexity index is 1000. The van der Waals surface area contributed by atoms with E-state index in [1.54, 1.807) is 12.4 Å². The molecule has 0 bridgehead atoms. The summed E-state index contributed by atoms with van der Waals surface area (Å²) < 4.78 is 14.1. The Morgan fingerprint density at radius 2 is 1.89 bits per heavy atom. The zero-order chi connectivity index (χ0) is 18.8. The number of hydrogen-bond acceptors (Lipinski definition) is 3. The number of halogens is 2. The number of aromatic nitrogens is 1. The fourth-order valence-electron chi connectivity index (χ4n) is 3.55. The standard InChI is InChI=1S/C21H19BrFN3O/c22-18-5-4-14(23)12-16(18)21(27)25-19-6-7-20(26-10-2-1-3-11-26)15-8-9-24-13-17(15)19/h4-9,12-13H,1-3,10-11H2,(H,25,27). The second-order valence-electron chi connectivity index (χ2n) is 6.68. The summed E-state index contributed by atoms with van der Waals surface area (Å²) in [5.74, 6) is -0.812. The van der Waals surface area contributed by atoms with Gasteiger partial charge in [-0.25, -0.2) is 4.39 Å². The monoisotopic (exact) mass is 427 g/mol. The highest BCUT2D eigenvalue weighted by Gasteiger charge is 2.17. The molecule has 0 radical (unpaired) electrons. The summed E-state index contributed by atoms with van der Waals surface area (Å²) in [6.45, 7) is 2.08. The third kappa shape index (κ3) is 3.67. The Balaban J connectivity index is 1.70. The molecule has 6 heteroatoms. The third-order valence-electron chi connectivity index (χ3n) is 4.91. The highest BCUT2D eigenvalue weighted by atomic mass is 79.9. The van der Waals surface area contributed by atoms with E-state index < -0.39 is 5.82 Å². The van der Waals surface area contributed by atoms with E-state index in [4.69, 9.17) is 0 Å². The summed E-state index contributed by atoms with van der Waals surface area (Å²) in [7, 11) is 0. The average molecular weight is 428 g/mol. The molecule has 138 valence electrons. The predicted molar refractivity (Wildman–Crippen MR) is 110 cm³/mol. The van der Waals surface area contributed by atoms with Crippen LogP contribution < -0.4 is 10.2 Å².